The second kappa shape index (κ2) is 8.28. The van der Waals surface area contributed by atoms with Crippen molar-refractivity contribution in [1.82, 2.24) is 0 Å². The summed E-state index contributed by atoms with van der Waals surface area (Å²) in [5.41, 5.74) is 1.29. The minimum Gasteiger partial charge on any atom is -0.493 e. The van der Waals surface area contributed by atoms with Gasteiger partial charge >= 0.3 is 0 Å². The second-order valence-corrected chi connectivity index (χ2v) is 5.20. The van der Waals surface area contributed by atoms with Gasteiger partial charge in [0.25, 0.3) is 0 Å². The molecule has 2 aromatic carbocycles. The predicted octanol–water partition coefficient (Wildman–Crippen LogP) is 3.16. The van der Waals surface area contributed by atoms with Gasteiger partial charge in [-0.1, -0.05) is 0 Å². The maximum atomic E-state index is 12.6. The second-order valence-electron chi connectivity index (χ2n) is 5.20. The van der Waals surface area contributed by atoms with Crippen molar-refractivity contribution in [1.29, 1.82) is 0 Å². The fourth-order valence-electron chi connectivity index (χ4n) is 2.53. The van der Waals surface area contributed by atoms with Gasteiger partial charge in [-0.3, -0.25) is 4.79 Å². The molecule has 0 fully saturated rings. The molecule has 134 valence electrons. The van der Waals surface area contributed by atoms with Gasteiger partial charge in [0.1, 0.15) is 0 Å². The lowest BCUT2D eigenvalue weighted by molar-refractivity contribution is 0.0992. The van der Waals surface area contributed by atoms with Crippen molar-refractivity contribution in [3.63, 3.8) is 0 Å². The molecule has 0 aliphatic rings. The van der Waals surface area contributed by atoms with Crippen LogP contribution in [0.1, 0.15) is 15.9 Å². The third kappa shape index (κ3) is 3.96. The van der Waals surface area contributed by atoms with Crippen LogP contribution in [0.25, 0.3) is 0 Å². The molecule has 0 aliphatic heterocycles. The molecule has 0 unspecified atom stereocenters. The van der Waals surface area contributed by atoms with E-state index in [1.807, 2.05) is 0 Å². The largest absolute Gasteiger partial charge is 0.493 e. The number of methoxy groups -OCH3 is 5. The zero-order valence-electron chi connectivity index (χ0n) is 15.0. The van der Waals surface area contributed by atoms with Crippen LogP contribution in [-0.2, 0) is 6.42 Å². The van der Waals surface area contributed by atoms with Crippen molar-refractivity contribution < 1.29 is 28.5 Å². The maximum Gasteiger partial charge on any atom is 0.203 e. The Morgan fingerprint density at radius 2 is 1.28 bits per heavy atom. The first-order valence-corrected chi connectivity index (χ1v) is 7.62. The van der Waals surface area contributed by atoms with Crippen molar-refractivity contribution in [2.75, 3.05) is 35.5 Å². The van der Waals surface area contributed by atoms with E-state index in [4.69, 9.17) is 23.7 Å². The third-order valence-corrected chi connectivity index (χ3v) is 3.79. The normalized spacial score (nSPS) is 10.1. The van der Waals surface area contributed by atoms with Crippen molar-refractivity contribution >= 4 is 5.78 Å². The van der Waals surface area contributed by atoms with E-state index in [1.165, 1.54) is 28.4 Å². The molecule has 0 heterocycles. The lowest BCUT2D eigenvalue weighted by atomic mass is 10.0. The van der Waals surface area contributed by atoms with Gasteiger partial charge in [0.2, 0.25) is 5.75 Å². The Morgan fingerprint density at radius 3 is 1.76 bits per heavy atom. The molecule has 0 N–H and O–H groups in total. The highest BCUT2D eigenvalue weighted by molar-refractivity contribution is 5.98. The van der Waals surface area contributed by atoms with Crippen molar-refractivity contribution in [2.45, 2.75) is 6.42 Å². The Kier molecular flexibility index (Phi) is 6.11. The van der Waals surface area contributed by atoms with Crippen LogP contribution in [0.2, 0.25) is 0 Å². The smallest absolute Gasteiger partial charge is 0.203 e. The molecule has 2 rings (SSSR count). The average molecular weight is 346 g/mol. The lowest BCUT2D eigenvalue weighted by Crippen LogP contribution is -2.05. The average Bonchev–Trinajstić information content (AvgIpc) is 2.66. The SMILES string of the molecule is COc1ccc(C(=O)Cc2cc(OC)c(OC)c(OC)c2)cc1OC. The molecule has 0 bridgehead atoms. The Bertz CT molecular complexity index is 729. The van der Waals surface area contributed by atoms with Crippen molar-refractivity contribution in [3.8, 4) is 28.7 Å². The summed E-state index contributed by atoms with van der Waals surface area (Å²) in [5.74, 6) is 2.54. The summed E-state index contributed by atoms with van der Waals surface area (Å²) in [7, 11) is 7.70. The molecule has 0 amide bonds. The third-order valence-electron chi connectivity index (χ3n) is 3.79. The van der Waals surface area contributed by atoms with Crippen molar-refractivity contribution in [3.05, 3.63) is 41.5 Å². The number of hydrogen-bond acceptors (Lipinski definition) is 6. The van der Waals surface area contributed by atoms with Gasteiger partial charge < -0.3 is 23.7 Å². The minimum atomic E-state index is -0.0600. The Hall–Kier alpha value is -2.89. The van der Waals surface area contributed by atoms with E-state index < -0.39 is 0 Å². The number of hydrogen-bond donors (Lipinski definition) is 0. The number of Topliss-reactive ketones (excluding diaryl/α,β-unsaturated/α-hetero) is 1. The first-order chi connectivity index (χ1) is 12.1. The van der Waals surface area contributed by atoms with Gasteiger partial charge in [-0.15, -0.1) is 0 Å². The Morgan fingerprint density at radius 1 is 0.720 bits per heavy atom. The summed E-state index contributed by atoms with van der Waals surface area (Å²) in [4.78, 5) is 12.6. The first kappa shape index (κ1) is 18.4. The molecule has 0 spiro atoms. The van der Waals surface area contributed by atoms with Gasteiger partial charge in [-0.25, -0.2) is 0 Å². The number of benzene rings is 2. The number of carbonyl (C=O) groups is 1. The highest BCUT2D eigenvalue weighted by Gasteiger charge is 2.16. The topological polar surface area (TPSA) is 63.2 Å². The molecular weight excluding hydrogens is 324 g/mol. The van der Waals surface area contributed by atoms with E-state index in [2.05, 4.69) is 0 Å². The highest BCUT2D eigenvalue weighted by Crippen LogP contribution is 2.38. The van der Waals surface area contributed by atoms with E-state index in [9.17, 15) is 4.79 Å². The van der Waals surface area contributed by atoms with Crippen LogP contribution in [0.4, 0.5) is 0 Å². The summed E-state index contributed by atoms with van der Waals surface area (Å²) in [6.07, 6.45) is 0.187. The van der Waals surface area contributed by atoms with Gasteiger partial charge in [0.05, 0.1) is 35.5 Å². The molecule has 0 aliphatic carbocycles. The van der Waals surface area contributed by atoms with E-state index in [0.717, 1.165) is 5.56 Å². The van der Waals surface area contributed by atoms with Crippen LogP contribution < -0.4 is 23.7 Å². The van der Waals surface area contributed by atoms with E-state index in [1.54, 1.807) is 37.4 Å². The van der Waals surface area contributed by atoms with Crippen LogP contribution in [0.5, 0.6) is 28.7 Å². The summed E-state index contributed by atoms with van der Waals surface area (Å²) in [5, 5.41) is 0. The summed E-state index contributed by atoms with van der Waals surface area (Å²) in [6.45, 7) is 0. The van der Waals surface area contributed by atoms with Gasteiger partial charge in [-0.05, 0) is 35.9 Å². The molecule has 6 nitrogen and oxygen atoms in total. The quantitative estimate of drug-likeness (QED) is 0.684. The van der Waals surface area contributed by atoms with Gasteiger partial charge in [-0.2, -0.15) is 0 Å². The van der Waals surface area contributed by atoms with Crippen molar-refractivity contribution in [2.24, 2.45) is 0 Å². The summed E-state index contributed by atoms with van der Waals surface area (Å²) < 4.78 is 26.4. The van der Waals surface area contributed by atoms with Crippen LogP contribution >= 0.6 is 0 Å². The first-order valence-electron chi connectivity index (χ1n) is 7.62. The van der Waals surface area contributed by atoms with Crippen LogP contribution in [0.3, 0.4) is 0 Å². The minimum absolute atomic E-state index is 0.0600. The van der Waals surface area contributed by atoms with Gasteiger partial charge in [0, 0.05) is 12.0 Å². The standard InChI is InChI=1S/C19H22O6/c1-21-15-7-6-13(11-16(15)22-2)14(20)8-12-9-17(23-3)19(25-5)18(10-12)24-4/h6-7,9-11H,8H2,1-5H3. The van der Waals surface area contributed by atoms with E-state index >= 15 is 0 Å². The predicted molar refractivity (Wildman–Crippen MR) is 93.7 cm³/mol. The lowest BCUT2D eigenvalue weighted by Gasteiger charge is -2.14. The number of rotatable bonds is 8. The Labute approximate surface area is 147 Å². The zero-order valence-corrected chi connectivity index (χ0v) is 15.0. The number of carbonyl (C=O) groups excluding carboxylic acids is 1. The maximum absolute atomic E-state index is 12.6. The molecule has 0 atom stereocenters. The number of ketones is 1. The molecule has 0 radical (unpaired) electrons. The molecule has 0 saturated carbocycles. The van der Waals surface area contributed by atoms with Gasteiger partial charge in [0.15, 0.2) is 28.8 Å². The number of ether oxygens (including phenoxy) is 5. The molecule has 2 aromatic rings. The summed E-state index contributed by atoms with van der Waals surface area (Å²) >= 11 is 0. The van der Waals surface area contributed by atoms with E-state index in [-0.39, 0.29) is 12.2 Å². The monoisotopic (exact) mass is 346 g/mol. The molecule has 6 heteroatoms. The fourth-order valence-corrected chi connectivity index (χ4v) is 2.53. The van der Waals surface area contributed by atoms with E-state index in [0.29, 0.717) is 34.3 Å². The highest BCUT2D eigenvalue weighted by atomic mass is 16.5. The fraction of sp³-hybridized carbons (Fsp3) is 0.316. The molecule has 0 aromatic heterocycles. The zero-order chi connectivity index (χ0) is 18.4. The van der Waals surface area contributed by atoms with Crippen LogP contribution in [0, 0.1) is 0 Å². The molecular formula is C19H22O6. The Balaban J connectivity index is 2.31. The van der Waals surface area contributed by atoms with Crippen LogP contribution in [-0.4, -0.2) is 41.3 Å². The van der Waals surface area contributed by atoms with Crippen LogP contribution in [0.15, 0.2) is 30.3 Å². The molecule has 25 heavy (non-hydrogen) atoms. The molecule has 0 saturated heterocycles. The summed E-state index contributed by atoms with van der Waals surface area (Å²) in [6, 6.07) is 8.61.